The molecule has 6 nitrogen and oxygen atoms in total. The van der Waals surface area contributed by atoms with Gasteiger partial charge >= 0.3 is 0 Å². The second-order valence-electron chi connectivity index (χ2n) is 5.59. The summed E-state index contributed by atoms with van der Waals surface area (Å²) in [6, 6.07) is 10.2. The van der Waals surface area contributed by atoms with Gasteiger partial charge in [0.15, 0.2) is 5.82 Å². The Hall–Kier alpha value is -2.60. The average Bonchev–Trinajstić information content (AvgIpc) is 3.15. The van der Waals surface area contributed by atoms with Crippen LogP contribution in [-0.2, 0) is 16.1 Å². The smallest absolute Gasteiger partial charge is 0.251 e. The summed E-state index contributed by atoms with van der Waals surface area (Å²) in [5, 5.41) is 11.2. The molecule has 0 aliphatic heterocycles. The van der Waals surface area contributed by atoms with Crippen LogP contribution in [0.5, 0.6) is 0 Å². The van der Waals surface area contributed by atoms with Crippen molar-refractivity contribution in [2.45, 2.75) is 27.3 Å². The third kappa shape index (κ3) is 2.92. The van der Waals surface area contributed by atoms with Gasteiger partial charge in [-0.15, -0.1) is 0 Å². The molecule has 0 atom stereocenters. The highest BCUT2D eigenvalue weighted by molar-refractivity contribution is 5.93. The first kappa shape index (κ1) is 16.3. The van der Waals surface area contributed by atoms with Gasteiger partial charge in [0.1, 0.15) is 6.61 Å². The van der Waals surface area contributed by atoms with Crippen molar-refractivity contribution in [1.82, 2.24) is 14.8 Å². The number of para-hydroxylation sites is 1. The lowest BCUT2D eigenvalue weighted by atomic mass is 10.1. The molecule has 2 heterocycles. The van der Waals surface area contributed by atoms with Crippen molar-refractivity contribution in [3.8, 4) is 11.4 Å². The maximum atomic E-state index is 11.8. The van der Waals surface area contributed by atoms with Crippen LogP contribution in [0.4, 0.5) is 5.82 Å². The highest BCUT2D eigenvalue weighted by Gasteiger charge is 2.17. The van der Waals surface area contributed by atoms with E-state index in [9.17, 15) is 4.79 Å². The molecule has 0 saturated heterocycles. The number of carbonyl (C=O) groups is 1. The fourth-order valence-corrected chi connectivity index (χ4v) is 3.03. The third-order valence-electron chi connectivity index (χ3n) is 4.08. The average molecular weight is 326 g/mol. The van der Waals surface area contributed by atoms with Crippen LogP contribution in [0, 0.1) is 6.92 Å². The lowest BCUT2D eigenvalue weighted by molar-refractivity contribution is -0.120. The number of H-pyrrole nitrogens is 1. The fraction of sp³-hybridized carbons (Fsp3) is 0.333. The number of carbonyl (C=O) groups excluding carboxylic acids is 1. The molecule has 1 amide bonds. The Morgan fingerprint density at radius 2 is 2.12 bits per heavy atom. The minimum Gasteiger partial charge on any atom is -0.372 e. The minimum atomic E-state index is -0.206. The molecule has 6 heteroatoms. The number of anilines is 1. The largest absolute Gasteiger partial charge is 0.372 e. The Balaban J connectivity index is 1.94. The van der Waals surface area contributed by atoms with Gasteiger partial charge in [0.25, 0.3) is 5.91 Å². The summed E-state index contributed by atoms with van der Waals surface area (Å²) in [6.45, 7) is 7.48. The zero-order chi connectivity index (χ0) is 17.1. The van der Waals surface area contributed by atoms with Gasteiger partial charge in [-0.1, -0.05) is 18.2 Å². The SMILES string of the molecule is CCOCC(=O)Nc1cc(-c2c(C)c3ccccc3n2CC)[nH]n1. The van der Waals surface area contributed by atoms with Gasteiger partial charge in [-0.25, -0.2) is 0 Å². The molecular formula is C18H22N4O2. The topological polar surface area (TPSA) is 71.9 Å². The van der Waals surface area contributed by atoms with Crippen molar-refractivity contribution < 1.29 is 9.53 Å². The number of amides is 1. The van der Waals surface area contributed by atoms with Gasteiger partial charge in [-0.05, 0) is 32.4 Å². The van der Waals surface area contributed by atoms with Crippen LogP contribution in [0.1, 0.15) is 19.4 Å². The summed E-state index contributed by atoms with van der Waals surface area (Å²) >= 11 is 0. The van der Waals surface area contributed by atoms with E-state index in [4.69, 9.17) is 4.74 Å². The number of nitrogens with zero attached hydrogens (tertiary/aromatic N) is 2. The van der Waals surface area contributed by atoms with Crippen molar-refractivity contribution in [1.29, 1.82) is 0 Å². The molecule has 0 aliphatic carbocycles. The van der Waals surface area contributed by atoms with Gasteiger partial charge < -0.3 is 14.6 Å². The maximum absolute atomic E-state index is 11.8. The number of aryl methyl sites for hydroxylation is 2. The summed E-state index contributed by atoms with van der Waals surface area (Å²) in [5.74, 6) is 0.296. The van der Waals surface area contributed by atoms with E-state index >= 15 is 0 Å². The number of nitrogens with one attached hydrogen (secondary N) is 2. The van der Waals surface area contributed by atoms with Crippen LogP contribution in [0.2, 0.25) is 0 Å². The van der Waals surface area contributed by atoms with Crippen LogP contribution < -0.4 is 5.32 Å². The Kier molecular flexibility index (Phi) is 4.66. The first-order chi connectivity index (χ1) is 11.7. The highest BCUT2D eigenvalue weighted by atomic mass is 16.5. The number of benzene rings is 1. The summed E-state index contributed by atoms with van der Waals surface area (Å²) in [6.07, 6.45) is 0. The molecule has 0 aliphatic rings. The first-order valence-electron chi connectivity index (χ1n) is 8.16. The molecule has 3 aromatic rings. The zero-order valence-corrected chi connectivity index (χ0v) is 14.2. The molecule has 0 bridgehead atoms. The van der Waals surface area contributed by atoms with Crippen molar-refractivity contribution in [3.63, 3.8) is 0 Å². The normalized spacial score (nSPS) is 11.1. The Morgan fingerprint density at radius 3 is 2.88 bits per heavy atom. The second kappa shape index (κ2) is 6.88. The van der Waals surface area contributed by atoms with E-state index in [1.165, 1.54) is 16.5 Å². The summed E-state index contributed by atoms with van der Waals surface area (Å²) in [4.78, 5) is 11.8. The maximum Gasteiger partial charge on any atom is 0.251 e. The number of fused-ring (bicyclic) bond motifs is 1. The van der Waals surface area contributed by atoms with E-state index in [2.05, 4.69) is 46.1 Å². The molecule has 126 valence electrons. The van der Waals surface area contributed by atoms with Gasteiger partial charge in [0.2, 0.25) is 0 Å². The van der Waals surface area contributed by atoms with Gasteiger partial charge in [-0.2, -0.15) is 5.10 Å². The van der Waals surface area contributed by atoms with E-state index in [1.807, 2.05) is 25.1 Å². The van der Waals surface area contributed by atoms with Crippen molar-refractivity contribution >= 4 is 22.6 Å². The Bertz CT molecular complexity index is 863. The van der Waals surface area contributed by atoms with Gasteiger partial charge in [-0.3, -0.25) is 9.89 Å². The monoisotopic (exact) mass is 326 g/mol. The predicted octanol–water partition coefficient (Wildman–Crippen LogP) is 3.33. The van der Waals surface area contributed by atoms with E-state index in [-0.39, 0.29) is 12.5 Å². The van der Waals surface area contributed by atoms with E-state index in [0.717, 1.165) is 17.9 Å². The molecule has 2 N–H and O–H groups in total. The number of aromatic nitrogens is 3. The van der Waals surface area contributed by atoms with Gasteiger partial charge in [0.05, 0.1) is 11.4 Å². The number of hydrogen-bond donors (Lipinski definition) is 2. The fourth-order valence-electron chi connectivity index (χ4n) is 3.03. The van der Waals surface area contributed by atoms with Crippen LogP contribution >= 0.6 is 0 Å². The number of aromatic amines is 1. The second-order valence-corrected chi connectivity index (χ2v) is 5.59. The minimum absolute atomic E-state index is 0.0347. The number of hydrogen-bond acceptors (Lipinski definition) is 3. The summed E-state index contributed by atoms with van der Waals surface area (Å²) in [7, 11) is 0. The van der Waals surface area contributed by atoms with Crippen molar-refractivity contribution in [2.75, 3.05) is 18.5 Å². The van der Waals surface area contributed by atoms with Crippen LogP contribution in [0.3, 0.4) is 0 Å². The molecule has 1 aromatic carbocycles. The number of ether oxygens (including phenoxy) is 1. The molecule has 0 unspecified atom stereocenters. The van der Waals surface area contributed by atoms with E-state index < -0.39 is 0 Å². The Labute approximate surface area is 140 Å². The molecule has 2 aromatic heterocycles. The predicted molar refractivity (Wildman–Crippen MR) is 95.1 cm³/mol. The zero-order valence-electron chi connectivity index (χ0n) is 14.2. The Morgan fingerprint density at radius 1 is 1.33 bits per heavy atom. The molecule has 0 fully saturated rings. The lowest BCUT2D eigenvalue weighted by Crippen LogP contribution is -2.18. The lowest BCUT2D eigenvalue weighted by Gasteiger charge is -2.06. The highest BCUT2D eigenvalue weighted by Crippen LogP contribution is 2.32. The molecular weight excluding hydrogens is 304 g/mol. The van der Waals surface area contributed by atoms with Crippen LogP contribution in [0.25, 0.3) is 22.3 Å². The number of rotatable bonds is 6. The quantitative estimate of drug-likeness (QED) is 0.730. The summed E-state index contributed by atoms with van der Waals surface area (Å²) in [5.41, 5.74) is 4.38. The molecule has 0 radical (unpaired) electrons. The standard InChI is InChI=1S/C18H22N4O2/c1-4-22-15-9-7-6-8-13(15)12(3)18(22)14-10-16(21-20-14)19-17(23)11-24-5-2/h6-10H,4-5,11H2,1-3H3,(H2,19,20,21,23). The van der Waals surface area contributed by atoms with Gasteiger partial charge in [0, 0.05) is 30.1 Å². The molecule has 24 heavy (non-hydrogen) atoms. The van der Waals surface area contributed by atoms with Crippen LogP contribution in [0.15, 0.2) is 30.3 Å². The molecule has 0 saturated carbocycles. The molecule has 3 rings (SSSR count). The summed E-state index contributed by atoms with van der Waals surface area (Å²) < 4.78 is 7.35. The van der Waals surface area contributed by atoms with E-state index in [0.29, 0.717) is 12.4 Å². The van der Waals surface area contributed by atoms with Crippen molar-refractivity contribution in [2.24, 2.45) is 0 Å². The van der Waals surface area contributed by atoms with E-state index in [1.54, 1.807) is 0 Å². The molecule has 0 spiro atoms. The first-order valence-corrected chi connectivity index (χ1v) is 8.16. The van der Waals surface area contributed by atoms with Crippen molar-refractivity contribution in [3.05, 3.63) is 35.9 Å². The third-order valence-corrected chi connectivity index (χ3v) is 4.08. The van der Waals surface area contributed by atoms with Crippen LogP contribution in [-0.4, -0.2) is 33.9 Å².